The summed E-state index contributed by atoms with van der Waals surface area (Å²) in [5, 5.41) is 2.18. The molecule has 0 radical (unpaired) electrons. The van der Waals surface area contributed by atoms with E-state index in [1.54, 1.807) is 35.9 Å². The van der Waals surface area contributed by atoms with Crippen LogP contribution in [0.3, 0.4) is 0 Å². The van der Waals surface area contributed by atoms with E-state index in [-0.39, 0.29) is 24.2 Å². The molecule has 172 valence electrons. The molecule has 2 aliphatic rings. The Morgan fingerprint density at radius 3 is 2.56 bits per heavy atom. The van der Waals surface area contributed by atoms with Crippen molar-refractivity contribution in [3.8, 4) is 17.0 Å². The highest BCUT2D eigenvalue weighted by Gasteiger charge is 2.57. The van der Waals surface area contributed by atoms with Crippen molar-refractivity contribution in [3.63, 3.8) is 0 Å². The average molecular weight is 467 g/mol. The van der Waals surface area contributed by atoms with Crippen LogP contribution in [0, 0.1) is 0 Å². The number of Topliss-reactive ketones (excluding diaryl/α,β-unsaturated/α-hetero) is 1. The van der Waals surface area contributed by atoms with Gasteiger partial charge < -0.3 is 14.5 Å². The van der Waals surface area contributed by atoms with Gasteiger partial charge in [0.1, 0.15) is 5.75 Å². The maximum absolute atomic E-state index is 13.9. The molecule has 0 atom stereocenters. The molecule has 2 aromatic rings. The fourth-order valence-electron chi connectivity index (χ4n) is 4.58. The lowest BCUT2D eigenvalue weighted by Gasteiger charge is -2.55. The van der Waals surface area contributed by atoms with Crippen molar-refractivity contribution in [2.75, 3.05) is 25.3 Å². The molecule has 1 saturated carbocycles. The van der Waals surface area contributed by atoms with Gasteiger partial charge in [-0.05, 0) is 31.5 Å². The maximum Gasteiger partial charge on any atom is 0.252 e. The Labute approximate surface area is 189 Å². The molecular formula is C23H25ClF2N2O4. The van der Waals surface area contributed by atoms with Gasteiger partial charge in [-0.3, -0.25) is 14.3 Å². The van der Waals surface area contributed by atoms with Crippen LogP contribution in [0.25, 0.3) is 11.3 Å². The number of nitrogens with zero attached hydrogens (tertiary/aromatic N) is 2. The van der Waals surface area contributed by atoms with E-state index in [9.17, 15) is 18.4 Å². The summed E-state index contributed by atoms with van der Waals surface area (Å²) >= 11 is 6.45. The van der Waals surface area contributed by atoms with Crippen LogP contribution in [0.5, 0.6) is 5.75 Å². The van der Waals surface area contributed by atoms with Gasteiger partial charge in [-0.1, -0.05) is 11.6 Å². The SMILES string of the molecule is COCCCOc1cc2c(cc1Cl)-c1cc(=O)c(C(C)=O)cn1N(C1(C)CC(F)(F)C1)C2. The first-order valence-corrected chi connectivity index (χ1v) is 10.8. The van der Waals surface area contributed by atoms with Crippen molar-refractivity contribution in [3.05, 3.63) is 50.8 Å². The van der Waals surface area contributed by atoms with Crippen LogP contribution in [-0.4, -0.2) is 42.2 Å². The molecule has 1 aliphatic carbocycles. The largest absolute Gasteiger partial charge is 0.492 e. The van der Waals surface area contributed by atoms with Crippen LogP contribution in [0.1, 0.15) is 49.0 Å². The molecule has 0 spiro atoms. The standard InChI is InChI=1S/C23H25ClF2N2O4/c1-14(29)17-11-27-19(9-20(17)30)16-8-18(24)21(32-6-4-5-31-3)7-15(16)10-28(27)22(2)12-23(25,26)13-22/h7-9,11H,4-6,10,12-13H2,1-3H3. The second-order valence-electron chi connectivity index (χ2n) is 8.74. The van der Waals surface area contributed by atoms with Crippen LogP contribution in [0.2, 0.25) is 5.02 Å². The number of aromatic nitrogens is 1. The van der Waals surface area contributed by atoms with E-state index >= 15 is 0 Å². The highest BCUT2D eigenvalue weighted by Crippen LogP contribution is 2.50. The number of hydrogen-bond donors (Lipinski definition) is 0. The summed E-state index contributed by atoms with van der Waals surface area (Å²) < 4.78 is 40.2. The second-order valence-corrected chi connectivity index (χ2v) is 9.14. The number of pyridine rings is 1. The fourth-order valence-corrected chi connectivity index (χ4v) is 4.80. The van der Waals surface area contributed by atoms with Gasteiger partial charge in [-0.2, -0.15) is 0 Å². The Kier molecular flexibility index (Phi) is 5.79. The van der Waals surface area contributed by atoms with E-state index in [0.29, 0.717) is 48.2 Å². The van der Waals surface area contributed by atoms with Gasteiger partial charge in [0.25, 0.3) is 5.92 Å². The predicted octanol–water partition coefficient (Wildman–Crippen LogP) is 4.43. The number of ketones is 1. The third-order valence-electron chi connectivity index (χ3n) is 6.08. The lowest BCUT2D eigenvalue weighted by Crippen LogP contribution is -2.64. The third kappa shape index (κ3) is 4.01. The second kappa shape index (κ2) is 8.15. The monoisotopic (exact) mass is 466 g/mol. The van der Waals surface area contributed by atoms with E-state index in [1.807, 2.05) is 0 Å². The molecule has 1 aliphatic heterocycles. The van der Waals surface area contributed by atoms with E-state index in [0.717, 1.165) is 5.56 Å². The number of fused-ring (bicyclic) bond motifs is 3. The minimum atomic E-state index is -2.74. The molecule has 2 heterocycles. The third-order valence-corrected chi connectivity index (χ3v) is 6.37. The van der Waals surface area contributed by atoms with Gasteiger partial charge in [-0.25, -0.2) is 8.78 Å². The highest BCUT2D eigenvalue weighted by atomic mass is 35.5. The molecular weight excluding hydrogens is 442 g/mol. The Hall–Kier alpha value is -2.45. The minimum absolute atomic E-state index is 0.0149. The van der Waals surface area contributed by atoms with Crippen LogP contribution in [-0.2, 0) is 11.3 Å². The predicted molar refractivity (Wildman–Crippen MR) is 118 cm³/mol. The molecule has 0 N–H and O–H groups in total. The number of hydrogen-bond acceptors (Lipinski definition) is 5. The van der Waals surface area contributed by atoms with Crippen molar-refractivity contribution >= 4 is 17.4 Å². The minimum Gasteiger partial charge on any atom is -0.492 e. The summed E-state index contributed by atoms with van der Waals surface area (Å²) in [4.78, 5) is 24.6. The summed E-state index contributed by atoms with van der Waals surface area (Å²) in [6, 6.07) is 4.89. The van der Waals surface area contributed by atoms with Crippen molar-refractivity contribution in [2.24, 2.45) is 0 Å². The number of methoxy groups -OCH3 is 1. The number of rotatable bonds is 7. The van der Waals surface area contributed by atoms with Gasteiger partial charge in [0, 0.05) is 50.8 Å². The first-order chi connectivity index (χ1) is 15.0. The normalized spacial score (nSPS) is 17.9. The van der Waals surface area contributed by atoms with Crippen LogP contribution in [0.4, 0.5) is 8.78 Å². The Bertz CT molecular complexity index is 1120. The average Bonchev–Trinajstić information content (AvgIpc) is 2.69. The molecule has 4 rings (SSSR count). The Morgan fingerprint density at radius 2 is 1.94 bits per heavy atom. The topological polar surface area (TPSA) is 60.8 Å². The van der Waals surface area contributed by atoms with Crippen molar-refractivity contribution in [2.45, 2.75) is 51.1 Å². The summed E-state index contributed by atoms with van der Waals surface area (Å²) in [5.74, 6) is -2.63. The maximum atomic E-state index is 13.9. The van der Waals surface area contributed by atoms with Gasteiger partial charge in [-0.15, -0.1) is 0 Å². The van der Waals surface area contributed by atoms with Crippen molar-refractivity contribution in [1.29, 1.82) is 0 Å². The summed E-state index contributed by atoms with van der Waals surface area (Å²) in [6.07, 6.45) is 1.51. The van der Waals surface area contributed by atoms with Crippen molar-refractivity contribution in [1.82, 2.24) is 4.68 Å². The summed E-state index contributed by atoms with van der Waals surface area (Å²) in [5.41, 5.74) is 0.779. The quantitative estimate of drug-likeness (QED) is 0.446. The van der Waals surface area contributed by atoms with Crippen LogP contribution < -0.4 is 15.2 Å². The smallest absolute Gasteiger partial charge is 0.252 e. The van der Waals surface area contributed by atoms with Gasteiger partial charge in [0.15, 0.2) is 11.2 Å². The molecule has 0 saturated heterocycles. The first-order valence-electron chi connectivity index (χ1n) is 10.4. The number of halogens is 3. The van der Waals surface area contributed by atoms with Gasteiger partial charge in [0.05, 0.1) is 35.0 Å². The summed E-state index contributed by atoms with van der Waals surface area (Å²) in [7, 11) is 1.61. The Balaban J connectivity index is 1.80. The molecule has 6 nitrogen and oxygen atoms in total. The van der Waals surface area contributed by atoms with Gasteiger partial charge >= 0.3 is 0 Å². The zero-order chi connectivity index (χ0) is 23.3. The molecule has 0 amide bonds. The number of ether oxygens (including phenoxy) is 2. The van der Waals surface area contributed by atoms with Gasteiger partial charge in [0.2, 0.25) is 0 Å². The van der Waals surface area contributed by atoms with E-state index in [4.69, 9.17) is 21.1 Å². The molecule has 1 aromatic carbocycles. The molecule has 32 heavy (non-hydrogen) atoms. The van der Waals surface area contributed by atoms with E-state index in [1.165, 1.54) is 19.2 Å². The number of benzene rings is 1. The Morgan fingerprint density at radius 1 is 1.22 bits per heavy atom. The molecule has 0 unspecified atom stereocenters. The number of alkyl halides is 2. The lowest BCUT2D eigenvalue weighted by molar-refractivity contribution is -0.125. The van der Waals surface area contributed by atoms with E-state index < -0.39 is 16.9 Å². The summed E-state index contributed by atoms with van der Waals surface area (Å²) in [6.45, 7) is 4.35. The first kappa shape index (κ1) is 22.7. The lowest BCUT2D eigenvalue weighted by atomic mass is 9.74. The molecule has 0 bridgehead atoms. The number of carbonyl (C=O) groups is 1. The zero-order valence-corrected chi connectivity index (χ0v) is 19.0. The zero-order valence-electron chi connectivity index (χ0n) is 18.2. The highest BCUT2D eigenvalue weighted by molar-refractivity contribution is 6.32. The molecule has 9 heteroatoms. The van der Waals surface area contributed by atoms with Crippen LogP contribution in [0.15, 0.2) is 29.2 Å². The van der Waals surface area contributed by atoms with E-state index in [2.05, 4.69) is 0 Å². The van der Waals surface area contributed by atoms with Crippen molar-refractivity contribution < 1.29 is 23.0 Å². The van der Waals surface area contributed by atoms with Crippen LogP contribution >= 0.6 is 11.6 Å². The fraction of sp³-hybridized carbons (Fsp3) is 0.478. The molecule has 1 fully saturated rings. The molecule has 1 aromatic heterocycles. The number of carbonyl (C=O) groups excluding carboxylic acids is 1.